The van der Waals surface area contributed by atoms with Gasteiger partial charge in [0.1, 0.15) is 0 Å². The highest BCUT2D eigenvalue weighted by molar-refractivity contribution is 7.13. The third kappa shape index (κ3) is 0.955. The van der Waals surface area contributed by atoms with Gasteiger partial charge >= 0.3 is 0 Å². The van der Waals surface area contributed by atoms with Crippen molar-refractivity contribution in [1.82, 2.24) is 4.98 Å². The summed E-state index contributed by atoms with van der Waals surface area (Å²) in [5.74, 6) is 0. The van der Waals surface area contributed by atoms with Gasteiger partial charge in [-0.1, -0.05) is 11.3 Å². The summed E-state index contributed by atoms with van der Waals surface area (Å²) in [5, 5.41) is 5.16. The monoisotopic (exact) mass is 169 g/mol. The molecule has 2 aromatic heterocycles. The zero-order chi connectivity index (χ0) is 6.81. The largest absolute Gasteiger partial charge is 0.286 e. The molecule has 0 aliphatic heterocycles. The molecule has 0 aromatic carbocycles. The second-order valence-corrected chi connectivity index (χ2v) is 3.40. The Hall–Kier alpha value is -0.740. The van der Waals surface area contributed by atoms with E-state index >= 15 is 0 Å². The molecule has 2 heterocycles. The Kier molecular flexibility index (Phi) is 1.49. The third-order valence-electron chi connectivity index (χ3n) is 1.13. The summed E-state index contributed by atoms with van der Waals surface area (Å²) < 4.78 is 0. The standard InChI is InChI=1S/C6H4N2S2/c1-2-10-6(7-1)5-3-9-4-8-5/h1-4H/p+1. The fourth-order valence-electron chi connectivity index (χ4n) is 0.705. The summed E-state index contributed by atoms with van der Waals surface area (Å²) in [6, 6.07) is 0. The summed E-state index contributed by atoms with van der Waals surface area (Å²) in [5.41, 5.74) is 2.88. The molecule has 0 unspecified atom stereocenters. The lowest BCUT2D eigenvalue weighted by Gasteiger charge is -1.75. The summed E-state index contributed by atoms with van der Waals surface area (Å²) >= 11 is 3.28. The van der Waals surface area contributed by atoms with E-state index in [2.05, 4.69) is 9.97 Å². The number of thiazole rings is 2. The number of rotatable bonds is 1. The molecule has 0 saturated heterocycles. The van der Waals surface area contributed by atoms with E-state index in [-0.39, 0.29) is 0 Å². The lowest BCUT2D eigenvalue weighted by molar-refractivity contribution is -0.358. The Morgan fingerprint density at radius 3 is 3.10 bits per heavy atom. The van der Waals surface area contributed by atoms with Gasteiger partial charge in [-0.15, -0.1) is 11.3 Å². The molecular weight excluding hydrogens is 164 g/mol. The molecule has 0 radical (unpaired) electrons. The van der Waals surface area contributed by atoms with Crippen molar-refractivity contribution in [3.8, 4) is 10.7 Å². The molecule has 0 fully saturated rings. The second-order valence-electron chi connectivity index (χ2n) is 1.77. The predicted octanol–water partition coefficient (Wildman–Crippen LogP) is 1.69. The first-order valence-corrected chi connectivity index (χ1v) is 4.63. The number of aromatic nitrogens is 2. The molecular formula is C6H5N2S2+. The van der Waals surface area contributed by atoms with Crippen LogP contribution in [0.25, 0.3) is 10.7 Å². The molecule has 0 amide bonds. The van der Waals surface area contributed by atoms with Crippen molar-refractivity contribution >= 4 is 22.7 Å². The molecule has 0 aliphatic carbocycles. The first kappa shape index (κ1) is 6.00. The minimum atomic E-state index is 1.04. The van der Waals surface area contributed by atoms with Crippen molar-refractivity contribution in [3.05, 3.63) is 22.5 Å². The Labute approximate surface area is 66.2 Å². The maximum atomic E-state index is 4.16. The fourth-order valence-corrected chi connectivity index (χ4v) is 1.96. The van der Waals surface area contributed by atoms with Gasteiger partial charge in [-0.3, -0.25) is 0 Å². The van der Waals surface area contributed by atoms with Gasteiger partial charge in [0.05, 0.1) is 10.9 Å². The van der Waals surface area contributed by atoms with Gasteiger partial charge in [0, 0.05) is 5.38 Å². The van der Waals surface area contributed by atoms with E-state index in [1.807, 2.05) is 22.5 Å². The molecule has 2 aromatic rings. The Morgan fingerprint density at radius 1 is 1.50 bits per heavy atom. The highest BCUT2D eigenvalue weighted by atomic mass is 32.1. The normalized spacial score (nSPS) is 10.0. The van der Waals surface area contributed by atoms with E-state index in [4.69, 9.17) is 0 Å². The van der Waals surface area contributed by atoms with E-state index in [0.29, 0.717) is 0 Å². The second kappa shape index (κ2) is 2.48. The molecule has 0 aliphatic rings. The molecule has 0 spiro atoms. The van der Waals surface area contributed by atoms with E-state index in [9.17, 15) is 0 Å². The zero-order valence-corrected chi connectivity index (χ0v) is 6.71. The Balaban J connectivity index is 2.48. The topological polar surface area (TPSA) is 27.0 Å². The zero-order valence-electron chi connectivity index (χ0n) is 5.07. The highest BCUT2D eigenvalue weighted by Gasteiger charge is 2.06. The van der Waals surface area contributed by atoms with Crippen molar-refractivity contribution in [2.24, 2.45) is 0 Å². The minimum Gasteiger partial charge on any atom is -0.237 e. The molecule has 1 N–H and O–H groups in total. The van der Waals surface area contributed by atoms with Crippen molar-refractivity contribution < 1.29 is 4.98 Å². The van der Waals surface area contributed by atoms with Gasteiger partial charge in [0.15, 0.2) is 11.9 Å². The van der Waals surface area contributed by atoms with Crippen LogP contribution in [0.1, 0.15) is 0 Å². The lowest BCUT2D eigenvalue weighted by atomic mass is 10.5. The average molecular weight is 169 g/mol. The first-order chi connectivity index (χ1) is 4.97. The predicted molar refractivity (Wildman–Crippen MR) is 42.0 cm³/mol. The molecule has 4 heteroatoms. The van der Waals surface area contributed by atoms with Gasteiger partial charge in [-0.25, -0.2) is 4.98 Å². The van der Waals surface area contributed by atoms with E-state index in [0.717, 1.165) is 10.7 Å². The molecule has 0 saturated carbocycles. The SMILES string of the molecule is c1csc(-c2cscn2)[nH+]1. The van der Waals surface area contributed by atoms with E-state index in [1.165, 1.54) is 0 Å². The van der Waals surface area contributed by atoms with E-state index < -0.39 is 0 Å². The molecule has 2 nitrogen and oxygen atoms in total. The number of hydrogen-bond acceptors (Lipinski definition) is 3. The maximum absolute atomic E-state index is 4.16. The third-order valence-corrected chi connectivity index (χ3v) is 2.55. The highest BCUT2D eigenvalue weighted by Crippen LogP contribution is 2.17. The van der Waals surface area contributed by atoms with Crippen molar-refractivity contribution in [3.63, 3.8) is 0 Å². The van der Waals surface area contributed by atoms with Crippen LogP contribution in [0.4, 0.5) is 0 Å². The fraction of sp³-hybridized carbons (Fsp3) is 0. The van der Waals surface area contributed by atoms with E-state index in [1.54, 1.807) is 22.7 Å². The number of H-pyrrole nitrogens is 1. The number of hydrogen-bond donors (Lipinski definition) is 0. The van der Waals surface area contributed by atoms with Crippen LogP contribution in [0.2, 0.25) is 0 Å². The van der Waals surface area contributed by atoms with Crippen LogP contribution in [0, 0.1) is 0 Å². The van der Waals surface area contributed by atoms with Crippen molar-refractivity contribution in [2.75, 3.05) is 0 Å². The first-order valence-electron chi connectivity index (χ1n) is 2.80. The number of aromatic amines is 1. The van der Waals surface area contributed by atoms with Crippen LogP contribution >= 0.6 is 22.7 Å². The van der Waals surface area contributed by atoms with Crippen LogP contribution in [-0.4, -0.2) is 4.98 Å². The summed E-state index contributed by atoms with van der Waals surface area (Å²) in [7, 11) is 0. The van der Waals surface area contributed by atoms with Crippen molar-refractivity contribution in [1.29, 1.82) is 0 Å². The smallest absolute Gasteiger partial charge is 0.237 e. The average Bonchev–Trinajstić information content (AvgIpc) is 2.59. The van der Waals surface area contributed by atoms with Crippen LogP contribution in [-0.2, 0) is 0 Å². The van der Waals surface area contributed by atoms with Gasteiger partial charge in [-0.05, 0) is 0 Å². The lowest BCUT2D eigenvalue weighted by Crippen LogP contribution is -1.97. The molecule has 0 bridgehead atoms. The van der Waals surface area contributed by atoms with Gasteiger partial charge in [0.25, 0.3) is 5.01 Å². The molecule has 10 heavy (non-hydrogen) atoms. The van der Waals surface area contributed by atoms with Gasteiger partial charge < -0.3 is 0 Å². The number of nitrogens with one attached hydrogen (secondary N) is 1. The molecule has 50 valence electrons. The number of nitrogens with zero attached hydrogens (tertiary/aromatic N) is 1. The Bertz CT molecular complexity index is 253. The maximum Gasteiger partial charge on any atom is 0.286 e. The summed E-state index contributed by atoms with van der Waals surface area (Å²) in [4.78, 5) is 7.26. The summed E-state index contributed by atoms with van der Waals surface area (Å²) in [6.07, 6.45) is 1.92. The quantitative estimate of drug-likeness (QED) is 0.638. The van der Waals surface area contributed by atoms with Crippen LogP contribution in [0.3, 0.4) is 0 Å². The Morgan fingerprint density at radius 2 is 2.50 bits per heavy atom. The molecule has 0 atom stereocenters. The van der Waals surface area contributed by atoms with Crippen molar-refractivity contribution in [2.45, 2.75) is 0 Å². The van der Waals surface area contributed by atoms with Gasteiger partial charge in [-0.2, -0.15) is 4.98 Å². The van der Waals surface area contributed by atoms with Crippen LogP contribution in [0.15, 0.2) is 22.5 Å². The van der Waals surface area contributed by atoms with Crippen LogP contribution < -0.4 is 4.98 Å². The minimum absolute atomic E-state index is 1.04. The van der Waals surface area contributed by atoms with Crippen LogP contribution in [0.5, 0.6) is 0 Å². The molecule has 2 rings (SSSR count). The van der Waals surface area contributed by atoms with Gasteiger partial charge in [0.2, 0.25) is 0 Å². The summed E-state index contributed by atoms with van der Waals surface area (Å²) in [6.45, 7) is 0.